The number of nitrogens with zero attached hydrogens (tertiary/aromatic N) is 1. The van der Waals surface area contributed by atoms with Crippen LogP contribution in [0, 0.1) is 0 Å². The van der Waals surface area contributed by atoms with Crippen molar-refractivity contribution in [1.29, 1.82) is 0 Å². The number of phosphoric acid groups is 3. The number of rotatable bonds is 11. The lowest BCUT2D eigenvalue weighted by molar-refractivity contribution is -0.0550. The molecule has 1 aliphatic heterocycles. The smallest absolute Gasteiger partial charge is 0.387 e. The molecular weight excluding hydrogens is 633 g/mol. The van der Waals surface area contributed by atoms with Crippen LogP contribution in [0.4, 0.5) is 0 Å². The average molecular weight is 656 g/mol. The number of H-pyrrole nitrogens is 1. The Hall–Kier alpha value is -1.98. The van der Waals surface area contributed by atoms with Gasteiger partial charge in [0, 0.05) is 18.2 Å². The van der Waals surface area contributed by atoms with Crippen LogP contribution >= 0.6 is 35.2 Å². The SMILES string of the molecule is COP(=O)(OC[C@H]1O[C@@H](n2cc(Sc3ccc4ccccc4c3)c(=O)[nH]c2=O)[C@H](O)[C@@H]1O)OP(=O)(O)OP(=O)(O)O. The standard InChI is InChI=1S/C20H23N2O15P3S/c1-33-40(32,37-39(30,31)36-38(27,28)29)34-10-14-16(23)17(24)19(35-14)22-9-15(18(25)21-20(22)26)41-13-7-6-11-4-2-3-5-12(11)8-13/h2-9,14,16-17,19,23-24H,10H2,1H3,(H,30,31)(H,21,25,26)(H2,27,28,29)/t14-,16-,17-,19-,40?/m1/s1. The number of hydrogen-bond acceptors (Lipinski definition) is 13. The number of benzene rings is 2. The lowest BCUT2D eigenvalue weighted by Gasteiger charge is -2.21. The number of phosphoric ester groups is 1. The van der Waals surface area contributed by atoms with Gasteiger partial charge in [-0.3, -0.25) is 23.4 Å². The maximum Gasteiger partial charge on any atom is 0.490 e. The summed E-state index contributed by atoms with van der Waals surface area (Å²) < 4.78 is 58.3. The highest BCUT2D eigenvalue weighted by molar-refractivity contribution is 7.99. The van der Waals surface area contributed by atoms with Crippen LogP contribution in [0.25, 0.3) is 10.8 Å². The van der Waals surface area contributed by atoms with Crippen molar-refractivity contribution >= 4 is 46.0 Å². The molecule has 3 aromatic rings. The number of aromatic nitrogens is 2. The molecule has 17 nitrogen and oxygen atoms in total. The van der Waals surface area contributed by atoms with Gasteiger partial charge in [-0.25, -0.2) is 18.5 Å². The van der Waals surface area contributed by atoms with Gasteiger partial charge < -0.3 is 29.6 Å². The molecule has 0 amide bonds. The predicted molar refractivity (Wildman–Crippen MR) is 140 cm³/mol. The lowest BCUT2D eigenvalue weighted by Crippen LogP contribution is -2.38. The Bertz CT molecular complexity index is 1690. The largest absolute Gasteiger partial charge is 0.490 e. The molecule has 0 aliphatic carbocycles. The molecule has 2 aromatic carbocycles. The van der Waals surface area contributed by atoms with Gasteiger partial charge in [0.15, 0.2) is 6.23 Å². The maximum atomic E-state index is 12.6. The second kappa shape index (κ2) is 12.3. The van der Waals surface area contributed by atoms with Crippen LogP contribution in [0.1, 0.15) is 6.23 Å². The van der Waals surface area contributed by atoms with E-state index in [9.17, 15) is 38.4 Å². The van der Waals surface area contributed by atoms with Crippen molar-refractivity contribution in [3.8, 4) is 0 Å². The Morgan fingerprint density at radius 1 is 1.00 bits per heavy atom. The monoisotopic (exact) mass is 656 g/mol. The summed E-state index contributed by atoms with van der Waals surface area (Å²) in [5, 5.41) is 22.9. The summed E-state index contributed by atoms with van der Waals surface area (Å²) >= 11 is 1.02. The zero-order chi connectivity index (χ0) is 30.2. The molecular formula is C20H23N2O15P3S. The number of aliphatic hydroxyl groups is 2. The highest BCUT2D eigenvalue weighted by Gasteiger charge is 2.47. The minimum Gasteiger partial charge on any atom is -0.387 e. The van der Waals surface area contributed by atoms with E-state index in [1.807, 2.05) is 36.4 Å². The fourth-order valence-corrected chi connectivity index (χ4v) is 7.98. The average Bonchev–Trinajstić information content (AvgIpc) is 3.16. The van der Waals surface area contributed by atoms with E-state index in [1.54, 1.807) is 6.07 Å². The van der Waals surface area contributed by atoms with Crippen LogP contribution < -0.4 is 11.2 Å². The number of aliphatic hydroxyl groups excluding tert-OH is 2. The van der Waals surface area contributed by atoms with E-state index in [2.05, 4.69) is 18.1 Å². The van der Waals surface area contributed by atoms with Crippen LogP contribution in [0.2, 0.25) is 0 Å². The van der Waals surface area contributed by atoms with Gasteiger partial charge >= 0.3 is 29.2 Å². The number of aromatic amines is 1. The quantitative estimate of drug-likeness (QED) is 0.160. The van der Waals surface area contributed by atoms with E-state index in [0.29, 0.717) is 12.0 Å². The van der Waals surface area contributed by atoms with Gasteiger partial charge in [-0.15, -0.1) is 0 Å². The van der Waals surface area contributed by atoms with Crippen LogP contribution in [0.5, 0.6) is 0 Å². The highest BCUT2D eigenvalue weighted by atomic mass is 32.2. The molecule has 0 radical (unpaired) electrons. The molecule has 1 saturated heterocycles. The minimum absolute atomic E-state index is 0.0471. The van der Waals surface area contributed by atoms with E-state index in [-0.39, 0.29) is 4.90 Å². The van der Waals surface area contributed by atoms with Crippen molar-refractivity contribution in [1.82, 2.24) is 9.55 Å². The Kier molecular flexibility index (Phi) is 9.60. The molecule has 2 unspecified atom stereocenters. The van der Waals surface area contributed by atoms with E-state index in [4.69, 9.17) is 19.0 Å². The molecule has 224 valence electrons. The molecule has 0 spiro atoms. The number of fused-ring (bicyclic) bond motifs is 1. The molecule has 0 saturated carbocycles. The first kappa shape index (κ1) is 31.9. The maximum absolute atomic E-state index is 12.6. The van der Waals surface area contributed by atoms with Gasteiger partial charge in [0.25, 0.3) is 5.56 Å². The summed E-state index contributed by atoms with van der Waals surface area (Å²) in [6, 6.07) is 13.0. The van der Waals surface area contributed by atoms with E-state index >= 15 is 0 Å². The van der Waals surface area contributed by atoms with Crippen molar-refractivity contribution in [2.45, 2.75) is 34.3 Å². The zero-order valence-electron chi connectivity index (χ0n) is 20.7. The Morgan fingerprint density at radius 3 is 2.34 bits per heavy atom. The van der Waals surface area contributed by atoms with Crippen molar-refractivity contribution < 1.29 is 61.0 Å². The van der Waals surface area contributed by atoms with Gasteiger partial charge in [-0.2, -0.15) is 8.62 Å². The second-order valence-corrected chi connectivity index (χ2v) is 14.2. The highest BCUT2D eigenvalue weighted by Crippen LogP contribution is 2.68. The van der Waals surface area contributed by atoms with Crippen LogP contribution in [0.15, 0.2) is 68.0 Å². The first-order valence-electron chi connectivity index (χ1n) is 11.2. The zero-order valence-corrected chi connectivity index (χ0v) is 24.2. The summed E-state index contributed by atoms with van der Waals surface area (Å²) in [6.07, 6.45) is -5.57. The molecule has 6 N–H and O–H groups in total. The summed E-state index contributed by atoms with van der Waals surface area (Å²) in [6.45, 7) is -0.938. The summed E-state index contributed by atoms with van der Waals surface area (Å²) in [7, 11) is -15.6. The van der Waals surface area contributed by atoms with Gasteiger partial charge in [-0.1, -0.05) is 42.1 Å². The number of nitrogens with one attached hydrogen (secondary N) is 1. The van der Waals surface area contributed by atoms with Crippen molar-refractivity contribution in [2.24, 2.45) is 0 Å². The molecule has 1 aromatic heterocycles. The molecule has 1 fully saturated rings. The summed E-state index contributed by atoms with van der Waals surface area (Å²) in [5.74, 6) is 0. The van der Waals surface area contributed by atoms with Gasteiger partial charge in [0.1, 0.15) is 18.3 Å². The molecule has 41 heavy (non-hydrogen) atoms. The molecule has 1 aliphatic rings. The van der Waals surface area contributed by atoms with Gasteiger partial charge in [0.2, 0.25) is 0 Å². The lowest BCUT2D eigenvalue weighted by atomic mass is 10.1. The predicted octanol–water partition coefficient (Wildman–Crippen LogP) is 1.46. The third-order valence-electron chi connectivity index (χ3n) is 5.53. The third-order valence-corrected chi connectivity index (χ3v) is 10.7. The number of hydrogen-bond donors (Lipinski definition) is 6. The summed E-state index contributed by atoms with van der Waals surface area (Å²) in [5.41, 5.74) is -1.71. The summed E-state index contributed by atoms with van der Waals surface area (Å²) in [4.78, 5) is 54.7. The van der Waals surface area contributed by atoms with Crippen molar-refractivity contribution in [3.05, 3.63) is 69.5 Å². The first-order valence-corrected chi connectivity index (χ1v) is 16.5. The normalized spacial score (nSPS) is 24.2. The van der Waals surface area contributed by atoms with E-state index in [0.717, 1.165) is 33.3 Å². The fourth-order valence-electron chi connectivity index (χ4n) is 3.73. The molecule has 2 heterocycles. The number of ether oxygens (including phenoxy) is 1. The van der Waals surface area contributed by atoms with Crippen molar-refractivity contribution in [2.75, 3.05) is 13.7 Å². The van der Waals surface area contributed by atoms with E-state index < -0.39 is 65.9 Å². The third kappa shape index (κ3) is 7.90. The van der Waals surface area contributed by atoms with Crippen LogP contribution in [-0.4, -0.2) is 66.5 Å². The first-order chi connectivity index (χ1) is 19.1. The fraction of sp³-hybridized carbons (Fsp3) is 0.300. The Labute approximate surface area is 234 Å². The van der Waals surface area contributed by atoms with Gasteiger partial charge in [0.05, 0.1) is 11.5 Å². The Morgan fingerprint density at radius 2 is 1.68 bits per heavy atom. The van der Waals surface area contributed by atoms with Crippen LogP contribution in [-0.2, 0) is 36.1 Å². The van der Waals surface area contributed by atoms with E-state index in [1.165, 1.54) is 0 Å². The van der Waals surface area contributed by atoms with Crippen LogP contribution in [0.3, 0.4) is 0 Å². The van der Waals surface area contributed by atoms with Gasteiger partial charge in [-0.05, 0) is 22.9 Å². The van der Waals surface area contributed by atoms with Crippen molar-refractivity contribution in [3.63, 3.8) is 0 Å². The molecule has 4 rings (SSSR count). The molecule has 6 atom stereocenters. The minimum atomic E-state index is -5.67. The second-order valence-electron chi connectivity index (χ2n) is 8.37. The molecule has 0 bridgehead atoms. The topological polar surface area (TPSA) is 253 Å². The molecule has 21 heteroatoms. The Balaban J connectivity index is 1.51.